The van der Waals surface area contributed by atoms with Gasteiger partial charge < -0.3 is 5.32 Å². The number of benzene rings is 1. The summed E-state index contributed by atoms with van der Waals surface area (Å²) in [6.07, 6.45) is 1.63. The highest BCUT2D eigenvalue weighted by molar-refractivity contribution is 9.10. The van der Waals surface area contributed by atoms with Crippen LogP contribution >= 0.6 is 15.9 Å². The van der Waals surface area contributed by atoms with Gasteiger partial charge in [-0.1, -0.05) is 17.7 Å². The van der Waals surface area contributed by atoms with E-state index >= 15 is 0 Å². The predicted octanol–water partition coefficient (Wildman–Crippen LogP) is 3.71. The molecule has 92 valence electrons. The smallest absolute Gasteiger partial charge is 0.255 e. The summed E-state index contributed by atoms with van der Waals surface area (Å²) >= 11 is 3.33. The molecule has 1 aromatic heterocycles. The molecule has 0 bridgehead atoms. The van der Waals surface area contributed by atoms with Crippen LogP contribution in [-0.2, 0) is 0 Å². The number of carbonyl (C=O) groups excluding carboxylic acids is 1. The van der Waals surface area contributed by atoms with Gasteiger partial charge in [-0.3, -0.25) is 4.79 Å². The van der Waals surface area contributed by atoms with Crippen molar-refractivity contribution in [3.05, 3.63) is 57.8 Å². The van der Waals surface area contributed by atoms with E-state index in [4.69, 9.17) is 0 Å². The van der Waals surface area contributed by atoms with Gasteiger partial charge in [0.25, 0.3) is 5.91 Å². The number of halogens is 1. The van der Waals surface area contributed by atoms with Crippen LogP contribution < -0.4 is 5.32 Å². The van der Waals surface area contributed by atoms with Crippen LogP contribution in [0, 0.1) is 13.8 Å². The van der Waals surface area contributed by atoms with Crippen LogP contribution in [0.3, 0.4) is 0 Å². The number of amides is 1. The van der Waals surface area contributed by atoms with Crippen molar-refractivity contribution in [3.63, 3.8) is 0 Å². The third kappa shape index (κ3) is 2.96. The third-order valence-electron chi connectivity index (χ3n) is 2.55. The van der Waals surface area contributed by atoms with Crippen LogP contribution in [0.5, 0.6) is 0 Å². The largest absolute Gasteiger partial charge is 0.321 e. The third-order valence-corrected chi connectivity index (χ3v) is 3.38. The number of nitrogens with one attached hydrogen (secondary N) is 1. The Kier molecular flexibility index (Phi) is 3.77. The Balaban J connectivity index is 2.18. The van der Waals surface area contributed by atoms with Crippen LogP contribution in [-0.4, -0.2) is 10.9 Å². The average Bonchev–Trinajstić information content (AvgIpc) is 2.34. The predicted molar refractivity (Wildman–Crippen MR) is 75.8 cm³/mol. The SMILES string of the molecule is Cc1cccc(C(=O)Nc2cnc(Br)c(C)c2)c1. The molecular weight excluding hydrogens is 292 g/mol. The summed E-state index contributed by atoms with van der Waals surface area (Å²) in [6.45, 7) is 3.89. The average molecular weight is 305 g/mol. The summed E-state index contributed by atoms with van der Waals surface area (Å²) in [5.41, 5.74) is 3.39. The monoisotopic (exact) mass is 304 g/mol. The number of carbonyl (C=O) groups is 1. The number of anilines is 1. The highest BCUT2D eigenvalue weighted by Crippen LogP contribution is 2.17. The zero-order valence-corrected chi connectivity index (χ0v) is 11.8. The minimum atomic E-state index is -0.123. The Morgan fingerprint density at radius 1 is 1.28 bits per heavy atom. The van der Waals surface area contributed by atoms with Gasteiger partial charge in [-0.15, -0.1) is 0 Å². The topological polar surface area (TPSA) is 42.0 Å². The number of nitrogens with zero attached hydrogens (tertiary/aromatic N) is 1. The second-order valence-corrected chi connectivity index (χ2v) is 4.91. The van der Waals surface area contributed by atoms with Gasteiger partial charge in [0.05, 0.1) is 11.9 Å². The van der Waals surface area contributed by atoms with Gasteiger partial charge in [0.15, 0.2) is 0 Å². The molecule has 4 heteroatoms. The van der Waals surface area contributed by atoms with Gasteiger partial charge in [-0.2, -0.15) is 0 Å². The van der Waals surface area contributed by atoms with Gasteiger partial charge in [-0.05, 0) is 53.5 Å². The highest BCUT2D eigenvalue weighted by Gasteiger charge is 2.07. The Morgan fingerprint density at radius 3 is 2.72 bits per heavy atom. The van der Waals surface area contributed by atoms with E-state index in [1.807, 2.05) is 38.1 Å². The second-order valence-electron chi connectivity index (χ2n) is 4.16. The van der Waals surface area contributed by atoms with E-state index in [1.54, 1.807) is 12.3 Å². The molecule has 3 nitrogen and oxygen atoms in total. The maximum absolute atomic E-state index is 12.0. The number of pyridine rings is 1. The lowest BCUT2D eigenvalue weighted by Crippen LogP contribution is -2.12. The molecule has 1 amide bonds. The molecule has 1 N–H and O–H groups in total. The van der Waals surface area contributed by atoms with Crippen LogP contribution in [0.15, 0.2) is 41.1 Å². The van der Waals surface area contributed by atoms with Crippen molar-refractivity contribution < 1.29 is 4.79 Å². The molecule has 0 aliphatic carbocycles. The van der Waals surface area contributed by atoms with Crippen LogP contribution in [0.2, 0.25) is 0 Å². The quantitative estimate of drug-likeness (QED) is 0.859. The summed E-state index contributed by atoms with van der Waals surface area (Å²) in [7, 11) is 0. The first-order valence-electron chi connectivity index (χ1n) is 5.56. The van der Waals surface area contributed by atoms with Crippen LogP contribution in [0.25, 0.3) is 0 Å². The number of rotatable bonds is 2. The second kappa shape index (κ2) is 5.31. The summed E-state index contributed by atoms with van der Waals surface area (Å²) < 4.78 is 0.788. The van der Waals surface area contributed by atoms with Crippen molar-refractivity contribution >= 4 is 27.5 Å². The lowest BCUT2D eigenvalue weighted by molar-refractivity contribution is 0.102. The van der Waals surface area contributed by atoms with Gasteiger partial charge >= 0.3 is 0 Å². The molecule has 0 unspecified atom stereocenters. The first-order valence-corrected chi connectivity index (χ1v) is 6.36. The van der Waals surface area contributed by atoms with E-state index < -0.39 is 0 Å². The molecule has 0 saturated carbocycles. The van der Waals surface area contributed by atoms with Gasteiger partial charge in [0, 0.05) is 5.56 Å². The van der Waals surface area contributed by atoms with E-state index in [2.05, 4.69) is 26.2 Å². The number of hydrogen-bond donors (Lipinski definition) is 1. The molecule has 0 saturated heterocycles. The van der Waals surface area contributed by atoms with Crippen molar-refractivity contribution in [2.75, 3.05) is 5.32 Å². The summed E-state index contributed by atoms with van der Waals surface area (Å²) in [6, 6.07) is 9.36. The molecule has 1 heterocycles. The van der Waals surface area contributed by atoms with Crippen LogP contribution in [0.1, 0.15) is 21.5 Å². The molecular formula is C14H13BrN2O. The molecule has 2 aromatic rings. The zero-order chi connectivity index (χ0) is 13.1. The lowest BCUT2D eigenvalue weighted by Gasteiger charge is -2.07. The number of hydrogen-bond acceptors (Lipinski definition) is 2. The molecule has 0 atom stereocenters. The normalized spacial score (nSPS) is 10.2. The van der Waals surface area contributed by atoms with Gasteiger partial charge in [-0.25, -0.2) is 4.98 Å². The van der Waals surface area contributed by atoms with Crippen molar-refractivity contribution in [1.29, 1.82) is 0 Å². The minimum Gasteiger partial charge on any atom is -0.321 e. The Morgan fingerprint density at radius 2 is 2.06 bits per heavy atom. The van der Waals surface area contributed by atoms with E-state index in [0.717, 1.165) is 15.7 Å². The number of aryl methyl sites for hydroxylation is 2. The molecule has 0 spiro atoms. The van der Waals surface area contributed by atoms with Gasteiger partial charge in [0.2, 0.25) is 0 Å². The highest BCUT2D eigenvalue weighted by atomic mass is 79.9. The van der Waals surface area contributed by atoms with Crippen molar-refractivity contribution in [2.24, 2.45) is 0 Å². The first kappa shape index (κ1) is 12.8. The molecule has 2 rings (SSSR count). The van der Waals surface area contributed by atoms with E-state index in [-0.39, 0.29) is 5.91 Å². The van der Waals surface area contributed by atoms with E-state index in [1.165, 1.54) is 0 Å². The summed E-state index contributed by atoms with van der Waals surface area (Å²) in [4.78, 5) is 16.2. The molecule has 0 radical (unpaired) electrons. The van der Waals surface area contributed by atoms with Crippen LogP contribution in [0.4, 0.5) is 5.69 Å². The first-order chi connectivity index (χ1) is 8.56. The fraction of sp³-hybridized carbons (Fsp3) is 0.143. The molecule has 0 fully saturated rings. The molecule has 1 aromatic carbocycles. The Bertz CT molecular complexity index is 596. The Hall–Kier alpha value is -1.68. The van der Waals surface area contributed by atoms with Crippen molar-refractivity contribution in [1.82, 2.24) is 4.98 Å². The maximum atomic E-state index is 12.0. The summed E-state index contributed by atoms with van der Waals surface area (Å²) in [5, 5.41) is 2.83. The fourth-order valence-corrected chi connectivity index (χ4v) is 1.83. The lowest BCUT2D eigenvalue weighted by atomic mass is 10.1. The maximum Gasteiger partial charge on any atom is 0.255 e. The van der Waals surface area contributed by atoms with Crippen molar-refractivity contribution in [2.45, 2.75) is 13.8 Å². The molecule has 0 aliphatic heterocycles. The minimum absolute atomic E-state index is 0.123. The molecule has 18 heavy (non-hydrogen) atoms. The molecule has 0 aliphatic rings. The number of aromatic nitrogens is 1. The standard InChI is InChI=1S/C14H13BrN2O/c1-9-4-3-5-11(6-9)14(18)17-12-7-10(2)13(15)16-8-12/h3-8H,1-2H3,(H,17,18). The zero-order valence-electron chi connectivity index (χ0n) is 10.2. The Labute approximate surface area is 114 Å². The van der Waals surface area contributed by atoms with Crippen molar-refractivity contribution in [3.8, 4) is 0 Å². The van der Waals surface area contributed by atoms with E-state index in [9.17, 15) is 4.79 Å². The summed E-state index contributed by atoms with van der Waals surface area (Å²) in [5.74, 6) is -0.123. The van der Waals surface area contributed by atoms with E-state index in [0.29, 0.717) is 11.3 Å². The fourth-order valence-electron chi connectivity index (χ4n) is 1.62. The van der Waals surface area contributed by atoms with Gasteiger partial charge in [0.1, 0.15) is 4.60 Å².